The summed E-state index contributed by atoms with van der Waals surface area (Å²) in [7, 11) is 0. The fourth-order valence-corrected chi connectivity index (χ4v) is 5.51. The van der Waals surface area contributed by atoms with Gasteiger partial charge in [0.2, 0.25) is 0 Å². The number of nitrogens with zero attached hydrogens (tertiary/aromatic N) is 2. The summed E-state index contributed by atoms with van der Waals surface area (Å²) < 4.78 is 7.44. The maximum atomic E-state index is 13.6. The number of amides is 1. The lowest BCUT2D eigenvalue weighted by Gasteiger charge is -2.26. The summed E-state index contributed by atoms with van der Waals surface area (Å²) in [5.74, 6) is -0.134. The molecule has 0 bridgehead atoms. The quantitative estimate of drug-likeness (QED) is 0.480. The summed E-state index contributed by atoms with van der Waals surface area (Å²) in [4.78, 5) is 29.0. The van der Waals surface area contributed by atoms with Gasteiger partial charge < -0.3 is 15.2 Å². The minimum atomic E-state index is -0.665. The van der Waals surface area contributed by atoms with E-state index in [2.05, 4.69) is 22.3 Å². The number of likely N-dealkylation sites (tertiary alicyclic amines) is 1. The number of carbonyl (C=O) groups is 2. The lowest BCUT2D eigenvalue weighted by Crippen LogP contribution is -2.29. The molecule has 0 atom stereocenters. The lowest BCUT2D eigenvalue weighted by atomic mass is 9.95. The standard InChI is InChI=1S/C30H37N3O4/c1-30(2,3)37-29(36)33-25-10-9-21(19-32-11-5-4-6-12-32)15-22(25)17-26(33)24-16-20(8-7-13-34)14-23-18-31-28(35)27(23)24/h9-10,14-17,34H,4-8,11-13,18-19H2,1-3H3,(H,31,35). The number of hydrogen-bond donors (Lipinski definition) is 2. The molecule has 0 spiro atoms. The van der Waals surface area contributed by atoms with Crippen LogP contribution in [0, 0.1) is 0 Å². The molecule has 7 nitrogen and oxygen atoms in total. The summed E-state index contributed by atoms with van der Waals surface area (Å²) in [5, 5.41) is 13.3. The van der Waals surface area contributed by atoms with Crippen molar-refractivity contribution in [2.45, 2.75) is 71.6 Å². The van der Waals surface area contributed by atoms with Crippen LogP contribution in [0.1, 0.15) is 73.5 Å². The van der Waals surface area contributed by atoms with Gasteiger partial charge in [-0.1, -0.05) is 18.6 Å². The van der Waals surface area contributed by atoms with Crippen molar-refractivity contribution in [2.75, 3.05) is 19.7 Å². The zero-order chi connectivity index (χ0) is 26.2. The molecule has 1 saturated heterocycles. The van der Waals surface area contributed by atoms with Gasteiger partial charge in [0, 0.05) is 30.6 Å². The summed E-state index contributed by atoms with van der Waals surface area (Å²) >= 11 is 0. The number of fused-ring (bicyclic) bond motifs is 2. The van der Waals surface area contributed by atoms with Crippen LogP contribution in [0.3, 0.4) is 0 Å². The first kappa shape index (κ1) is 25.5. The van der Waals surface area contributed by atoms with Crippen LogP contribution >= 0.6 is 0 Å². The van der Waals surface area contributed by atoms with Crippen molar-refractivity contribution >= 4 is 22.9 Å². The number of hydrogen-bond acceptors (Lipinski definition) is 5. The fourth-order valence-electron chi connectivity index (χ4n) is 5.51. The average Bonchev–Trinajstić information content (AvgIpc) is 3.42. The Morgan fingerprint density at radius 3 is 2.57 bits per heavy atom. The molecule has 0 aliphatic carbocycles. The molecular weight excluding hydrogens is 466 g/mol. The van der Waals surface area contributed by atoms with Gasteiger partial charge >= 0.3 is 6.09 Å². The Bertz CT molecular complexity index is 1330. The molecular formula is C30H37N3O4. The van der Waals surface area contributed by atoms with E-state index in [9.17, 15) is 14.7 Å². The van der Waals surface area contributed by atoms with Crippen LogP contribution in [0.2, 0.25) is 0 Å². The Hall–Kier alpha value is -3.16. The van der Waals surface area contributed by atoms with Crippen molar-refractivity contribution in [3.63, 3.8) is 0 Å². The van der Waals surface area contributed by atoms with Gasteiger partial charge in [-0.3, -0.25) is 9.69 Å². The second-order valence-electron chi connectivity index (χ2n) is 11.3. The third-order valence-corrected chi connectivity index (χ3v) is 7.14. The van der Waals surface area contributed by atoms with E-state index in [0.29, 0.717) is 30.6 Å². The van der Waals surface area contributed by atoms with Crippen molar-refractivity contribution in [1.29, 1.82) is 0 Å². The van der Waals surface area contributed by atoms with Gasteiger partial charge in [0.1, 0.15) is 5.60 Å². The minimum absolute atomic E-state index is 0.0988. The molecule has 37 heavy (non-hydrogen) atoms. The van der Waals surface area contributed by atoms with E-state index < -0.39 is 11.7 Å². The molecule has 2 aliphatic rings. The SMILES string of the molecule is CC(C)(C)OC(=O)n1c(-c2cc(CCCO)cc3c2C(=O)NC3)cc2cc(CN3CCCCC3)ccc21. The highest BCUT2D eigenvalue weighted by Crippen LogP contribution is 2.36. The Morgan fingerprint density at radius 2 is 1.84 bits per heavy atom. The molecule has 1 amide bonds. The molecule has 0 unspecified atom stereocenters. The Labute approximate surface area is 218 Å². The smallest absolute Gasteiger partial charge is 0.419 e. The number of piperidine rings is 1. The van der Waals surface area contributed by atoms with Gasteiger partial charge in [0.25, 0.3) is 5.91 Å². The second-order valence-corrected chi connectivity index (χ2v) is 11.3. The topological polar surface area (TPSA) is 83.8 Å². The molecule has 1 aromatic heterocycles. The Morgan fingerprint density at radius 1 is 1.05 bits per heavy atom. The third kappa shape index (κ3) is 5.43. The predicted molar refractivity (Wildman–Crippen MR) is 145 cm³/mol. The number of aliphatic hydroxyl groups is 1. The number of nitrogens with one attached hydrogen (secondary N) is 1. The number of benzene rings is 2. The number of carbonyl (C=O) groups excluding carboxylic acids is 2. The zero-order valence-electron chi connectivity index (χ0n) is 22.1. The first-order valence-electron chi connectivity index (χ1n) is 13.4. The van der Waals surface area contributed by atoms with Crippen LogP contribution in [0.15, 0.2) is 36.4 Å². The fraction of sp³-hybridized carbons (Fsp3) is 0.467. The molecule has 1 fully saturated rings. The molecule has 7 heteroatoms. The van der Waals surface area contributed by atoms with Crippen LogP contribution in [0.5, 0.6) is 0 Å². The van der Waals surface area contributed by atoms with E-state index in [-0.39, 0.29) is 12.5 Å². The lowest BCUT2D eigenvalue weighted by molar-refractivity contribution is 0.0547. The molecule has 5 rings (SSSR count). The molecule has 0 radical (unpaired) electrons. The van der Waals surface area contributed by atoms with Crippen LogP contribution in [-0.4, -0.2) is 51.9 Å². The second kappa shape index (κ2) is 10.3. The molecule has 2 aliphatic heterocycles. The highest BCUT2D eigenvalue weighted by atomic mass is 16.6. The number of aryl methyl sites for hydroxylation is 1. The Kier molecular flexibility index (Phi) is 7.10. The molecule has 3 heterocycles. The van der Waals surface area contributed by atoms with Gasteiger partial charge in [-0.2, -0.15) is 0 Å². The van der Waals surface area contributed by atoms with E-state index in [1.54, 1.807) is 4.57 Å². The number of rotatable bonds is 6. The summed E-state index contributed by atoms with van der Waals surface area (Å²) in [5.41, 5.74) is 5.24. The first-order chi connectivity index (χ1) is 17.7. The number of ether oxygens (including phenoxy) is 1. The van der Waals surface area contributed by atoms with Crippen LogP contribution < -0.4 is 5.32 Å². The molecule has 3 aromatic rings. The summed E-state index contributed by atoms with van der Waals surface area (Å²) in [6, 6.07) is 12.3. The molecule has 2 N–H and O–H groups in total. The average molecular weight is 504 g/mol. The Balaban J connectivity index is 1.65. The minimum Gasteiger partial charge on any atom is -0.443 e. The third-order valence-electron chi connectivity index (χ3n) is 7.14. The highest BCUT2D eigenvalue weighted by Gasteiger charge is 2.29. The van der Waals surface area contributed by atoms with Gasteiger partial charge in [-0.25, -0.2) is 9.36 Å². The monoisotopic (exact) mass is 503 g/mol. The van der Waals surface area contributed by atoms with E-state index in [1.165, 1.54) is 24.8 Å². The normalized spacial score (nSPS) is 16.2. The summed E-state index contributed by atoms with van der Waals surface area (Å²) in [6.45, 7) is 9.24. The zero-order valence-corrected chi connectivity index (χ0v) is 22.1. The molecule has 0 saturated carbocycles. The van der Waals surface area contributed by atoms with Gasteiger partial charge in [0.15, 0.2) is 0 Å². The van der Waals surface area contributed by atoms with Crippen LogP contribution in [-0.2, 0) is 24.2 Å². The van der Waals surface area contributed by atoms with E-state index in [4.69, 9.17) is 4.74 Å². The maximum absolute atomic E-state index is 13.6. The highest BCUT2D eigenvalue weighted by molar-refractivity contribution is 6.07. The first-order valence-corrected chi connectivity index (χ1v) is 13.4. The maximum Gasteiger partial charge on any atom is 0.419 e. The van der Waals surface area contributed by atoms with Crippen molar-refractivity contribution in [3.8, 4) is 11.3 Å². The van der Waals surface area contributed by atoms with Crippen molar-refractivity contribution in [2.24, 2.45) is 0 Å². The van der Waals surface area contributed by atoms with E-state index in [0.717, 1.165) is 47.2 Å². The van der Waals surface area contributed by atoms with Crippen molar-refractivity contribution in [3.05, 3.63) is 58.7 Å². The summed E-state index contributed by atoms with van der Waals surface area (Å²) in [6.07, 6.45) is 4.63. The van der Waals surface area contributed by atoms with Gasteiger partial charge in [-0.05, 0) is 100 Å². The van der Waals surface area contributed by atoms with E-state index in [1.807, 2.05) is 45.0 Å². The number of aliphatic hydroxyl groups excluding tert-OH is 1. The van der Waals surface area contributed by atoms with Crippen molar-refractivity contribution < 1.29 is 19.4 Å². The predicted octanol–water partition coefficient (Wildman–Crippen LogP) is 5.25. The van der Waals surface area contributed by atoms with Crippen molar-refractivity contribution in [1.82, 2.24) is 14.8 Å². The van der Waals surface area contributed by atoms with Gasteiger partial charge in [0.05, 0.1) is 16.8 Å². The molecule has 2 aromatic carbocycles. The van der Waals surface area contributed by atoms with Gasteiger partial charge in [-0.15, -0.1) is 0 Å². The van der Waals surface area contributed by atoms with Crippen LogP contribution in [0.25, 0.3) is 22.2 Å². The largest absolute Gasteiger partial charge is 0.443 e. The van der Waals surface area contributed by atoms with E-state index >= 15 is 0 Å². The molecule has 196 valence electrons. The number of aromatic nitrogens is 1. The van der Waals surface area contributed by atoms with Crippen LogP contribution in [0.4, 0.5) is 4.79 Å².